The number of fused-ring (bicyclic) bond motifs is 1. The molecule has 4 heteroatoms. The zero-order valence-electron chi connectivity index (χ0n) is 8.31. The lowest BCUT2D eigenvalue weighted by molar-refractivity contribution is 0.453. The summed E-state index contributed by atoms with van der Waals surface area (Å²) in [6.45, 7) is 1.55. The molecule has 16 heavy (non-hydrogen) atoms. The molecule has 0 aliphatic rings. The summed E-state index contributed by atoms with van der Waals surface area (Å²) >= 11 is 0. The van der Waals surface area contributed by atoms with Crippen molar-refractivity contribution in [1.82, 2.24) is 0 Å². The maximum absolute atomic E-state index is 13.5. The molecule has 2 rings (SSSR count). The molecule has 2 aromatic rings. The number of halogens is 3. The van der Waals surface area contributed by atoms with Gasteiger partial charge in [-0.25, -0.2) is 13.2 Å². The number of aryl methyl sites for hydroxylation is 1. The van der Waals surface area contributed by atoms with E-state index in [2.05, 4.69) is 0 Å². The van der Waals surface area contributed by atoms with E-state index in [1.54, 1.807) is 6.92 Å². The van der Waals surface area contributed by atoms with Gasteiger partial charge in [0.15, 0.2) is 17.5 Å². The molecule has 0 saturated heterocycles. The second-order valence-corrected chi connectivity index (χ2v) is 3.49. The van der Waals surface area contributed by atoms with Crippen LogP contribution in [0.25, 0.3) is 10.8 Å². The van der Waals surface area contributed by atoms with Crippen LogP contribution in [0.4, 0.5) is 13.2 Å². The molecular weight excluding hydrogens is 215 g/mol. The number of nitrogens with zero attached hydrogens (tertiary/aromatic N) is 1. The van der Waals surface area contributed by atoms with Crippen LogP contribution in [0.5, 0.6) is 0 Å². The summed E-state index contributed by atoms with van der Waals surface area (Å²) in [7, 11) is 0. The van der Waals surface area contributed by atoms with Crippen LogP contribution >= 0.6 is 0 Å². The normalized spacial score (nSPS) is 10.4. The molecule has 0 unspecified atom stereocenters. The van der Waals surface area contributed by atoms with Gasteiger partial charge in [0.2, 0.25) is 0 Å². The van der Waals surface area contributed by atoms with Gasteiger partial charge in [-0.1, -0.05) is 0 Å². The van der Waals surface area contributed by atoms with Gasteiger partial charge in [0.05, 0.1) is 11.6 Å². The van der Waals surface area contributed by atoms with Gasteiger partial charge in [-0.3, -0.25) is 0 Å². The zero-order chi connectivity index (χ0) is 11.9. The molecule has 0 aliphatic heterocycles. The summed E-state index contributed by atoms with van der Waals surface area (Å²) in [6.07, 6.45) is 0. The monoisotopic (exact) mass is 221 g/mol. The Labute approximate surface area is 89.7 Å². The van der Waals surface area contributed by atoms with E-state index in [4.69, 9.17) is 5.26 Å². The van der Waals surface area contributed by atoms with E-state index in [1.165, 1.54) is 12.1 Å². The average molecular weight is 221 g/mol. The van der Waals surface area contributed by atoms with Crippen molar-refractivity contribution >= 4 is 10.8 Å². The fraction of sp³-hybridized carbons (Fsp3) is 0.0833. The van der Waals surface area contributed by atoms with Crippen LogP contribution in [0.2, 0.25) is 0 Å². The molecule has 1 nitrogen and oxygen atoms in total. The van der Waals surface area contributed by atoms with Gasteiger partial charge in [-0.05, 0) is 36.1 Å². The SMILES string of the molecule is Cc1cc(C#N)cc2cc(F)c(F)c(F)c12. The predicted octanol–water partition coefficient (Wildman–Crippen LogP) is 3.44. The quantitative estimate of drug-likeness (QED) is 0.625. The third kappa shape index (κ3) is 1.41. The van der Waals surface area contributed by atoms with Gasteiger partial charge in [0.25, 0.3) is 0 Å². The molecule has 0 N–H and O–H groups in total. The summed E-state index contributed by atoms with van der Waals surface area (Å²) in [5, 5.41) is 8.90. The minimum absolute atomic E-state index is 0.0119. The minimum atomic E-state index is -1.49. The predicted molar refractivity (Wildman–Crippen MR) is 53.3 cm³/mol. The Morgan fingerprint density at radius 3 is 2.38 bits per heavy atom. The van der Waals surface area contributed by atoms with Crippen LogP contribution in [-0.2, 0) is 0 Å². The van der Waals surface area contributed by atoms with E-state index in [1.807, 2.05) is 6.07 Å². The average Bonchev–Trinajstić information content (AvgIpc) is 2.25. The van der Waals surface area contributed by atoms with Gasteiger partial charge in [-0.15, -0.1) is 0 Å². The Morgan fingerprint density at radius 1 is 1.06 bits per heavy atom. The fourth-order valence-electron chi connectivity index (χ4n) is 1.71. The summed E-state index contributed by atoms with van der Waals surface area (Å²) in [6, 6.07) is 5.53. The van der Waals surface area contributed by atoms with Gasteiger partial charge in [0.1, 0.15) is 0 Å². The minimum Gasteiger partial charge on any atom is -0.204 e. The molecule has 0 fully saturated rings. The van der Waals surface area contributed by atoms with Crippen molar-refractivity contribution in [2.75, 3.05) is 0 Å². The van der Waals surface area contributed by atoms with Crippen molar-refractivity contribution in [2.45, 2.75) is 6.92 Å². The van der Waals surface area contributed by atoms with Gasteiger partial charge in [0, 0.05) is 5.39 Å². The van der Waals surface area contributed by atoms with Gasteiger partial charge < -0.3 is 0 Å². The summed E-state index contributed by atoms with van der Waals surface area (Å²) in [4.78, 5) is 0. The van der Waals surface area contributed by atoms with Crippen LogP contribution in [0.15, 0.2) is 18.2 Å². The Kier molecular flexibility index (Phi) is 2.31. The Bertz CT molecular complexity index is 626. The standard InChI is InChI=1S/C12H6F3N/c1-6-2-7(5-16)3-8-4-9(13)11(14)12(15)10(6)8/h2-4H,1H3. The van der Waals surface area contributed by atoms with Crippen LogP contribution in [0.3, 0.4) is 0 Å². The number of hydrogen-bond acceptors (Lipinski definition) is 1. The number of nitriles is 1. The second-order valence-electron chi connectivity index (χ2n) is 3.49. The number of benzene rings is 2. The first kappa shape index (κ1) is 10.5. The molecule has 0 atom stereocenters. The third-order valence-corrected chi connectivity index (χ3v) is 2.40. The third-order valence-electron chi connectivity index (χ3n) is 2.40. The Balaban J connectivity index is 2.97. The Morgan fingerprint density at radius 2 is 1.75 bits per heavy atom. The Hall–Kier alpha value is -2.02. The van der Waals surface area contributed by atoms with Crippen molar-refractivity contribution in [2.24, 2.45) is 0 Å². The lowest BCUT2D eigenvalue weighted by atomic mass is 10.0. The van der Waals surface area contributed by atoms with Crippen molar-refractivity contribution in [3.8, 4) is 6.07 Å². The van der Waals surface area contributed by atoms with E-state index < -0.39 is 17.5 Å². The van der Waals surface area contributed by atoms with Crippen LogP contribution in [-0.4, -0.2) is 0 Å². The lowest BCUT2D eigenvalue weighted by Gasteiger charge is -2.06. The first-order chi connectivity index (χ1) is 7.54. The molecule has 0 spiro atoms. The highest BCUT2D eigenvalue weighted by Gasteiger charge is 2.15. The molecule has 0 saturated carbocycles. The van der Waals surface area contributed by atoms with Crippen LogP contribution in [0.1, 0.15) is 11.1 Å². The first-order valence-corrected chi connectivity index (χ1v) is 4.52. The lowest BCUT2D eigenvalue weighted by Crippen LogP contribution is -1.95. The molecule has 80 valence electrons. The molecule has 0 bridgehead atoms. The van der Waals surface area contributed by atoms with Crippen molar-refractivity contribution < 1.29 is 13.2 Å². The molecule has 0 aromatic heterocycles. The summed E-state index contributed by atoms with van der Waals surface area (Å²) < 4.78 is 39.4. The molecule has 0 radical (unpaired) electrons. The fourth-order valence-corrected chi connectivity index (χ4v) is 1.71. The summed E-state index contributed by atoms with van der Waals surface area (Å²) in [5.74, 6) is -3.95. The topological polar surface area (TPSA) is 23.8 Å². The molecule has 0 aliphatic carbocycles. The molecular formula is C12H6F3N. The zero-order valence-corrected chi connectivity index (χ0v) is 8.31. The van der Waals surface area contributed by atoms with Crippen molar-refractivity contribution in [1.29, 1.82) is 5.26 Å². The smallest absolute Gasteiger partial charge is 0.195 e. The van der Waals surface area contributed by atoms with Gasteiger partial charge in [-0.2, -0.15) is 5.26 Å². The van der Waals surface area contributed by atoms with Crippen LogP contribution in [0, 0.1) is 35.7 Å². The number of rotatable bonds is 0. The van der Waals surface area contributed by atoms with E-state index >= 15 is 0 Å². The van der Waals surface area contributed by atoms with Crippen molar-refractivity contribution in [3.63, 3.8) is 0 Å². The van der Waals surface area contributed by atoms with Crippen molar-refractivity contribution in [3.05, 3.63) is 46.8 Å². The molecule has 0 heterocycles. The first-order valence-electron chi connectivity index (χ1n) is 4.52. The largest absolute Gasteiger partial charge is 0.204 e. The van der Waals surface area contributed by atoms with E-state index in [9.17, 15) is 13.2 Å². The molecule has 0 amide bonds. The van der Waals surface area contributed by atoms with Gasteiger partial charge >= 0.3 is 0 Å². The van der Waals surface area contributed by atoms with E-state index in [0.29, 0.717) is 5.56 Å². The highest BCUT2D eigenvalue weighted by atomic mass is 19.2. The summed E-state index contributed by atoms with van der Waals surface area (Å²) in [5.41, 5.74) is 0.695. The number of hydrogen-bond donors (Lipinski definition) is 0. The van der Waals surface area contributed by atoms with E-state index in [-0.39, 0.29) is 16.3 Å². The van der Waals surface area contributed by atoms with Crippen LogP contribution < -0.4 is 0 Å². The highest BCUT2D eigenvalue weighted by Crippen LogP contribution is 2.27. The highest BCUT2D eigenvalue weighted by molar-refractivity contribution is 5.87. The van der Waals surface area contributed by atoms with E-state index in [0.717, 1.165) is 6.07 Å². The molecule has 2 aromatic carbocycles. The maximum Gasteiger partial charge on any atom is 0.195 e. The maximum atomic E-state index is 13.5. The second kappa shape index (κ2) is 3.53.